The first kappa shape index (κ1) is 12.4. The second-order valence-corrected chi connectivity index (χ2v) is 4.63. The number of ether oxygens (including phenoxy) is 2. The third kappa shape index (κ3) is 3.20. The Morgan fingerprint density at radius 2 is 2.18 bits per heavy atom. The van der Waals surface area contributed by atoms with Crippen LogP contribution in [0, 0.1) is 5.92 Å². The van der Waals surface area contributed by atoms with Crippen molar-refractivity contribution in [2.24, 2.45) is 5.92 Å². The molecule has 1 fully saturated rings. The van der Waals surface area contributed by atoms with Gasteiger partial charge in [0.15, 0.2) is 0 Å². The van der Waals surface area contributed by atoms with Gasteiger partial charge >= 0.3 is 0 Å². The standard InChI is InChI=1S/C14H21NO2/c1-11-7-8-15-9-14(11)17-10-12-5-3-4-6-13(12)16-2/h3-6,11,14-15H,7-10H2,1-2H3. The van der Waals surface area contributed by atoms with Crippen LogP contribution in [0.4, 0.5) is 0 Å². The van der Waals surface area contributed by atoms with E-state index in [2.05, 4.69) is 18.3 Å². The highest BCUT2D eigenvalue weighted by Crippen LogP contribution is 2.21. The summed E-state index contributed by atoms with van der Waals surface area (Å²) < 4.78 is 11.3. The minimum Gasteiger partial charge on any atom is -0.496 e. The summed E-state index contributed by atoms with van der Waals surface area (Å²) in [6, 6.07) is 8.03. The number of piperidine rings is 1. The van der Waals surface area contributed by atoms with E-state index >= 15 is 0 Å². The van der Waals surface area contributed by atoms with Crippen molar-refractivity contribution in [2.45, 2.75) is 26.1 Å². The largest absolute Gasteiger partial charge is 0.496 e. The van der Waals surface area contributed by atoms with Crippen LogP contribution in [0.3, 0.4) is 0 Å². The van der Waals surface area contributed by atoms with Crippen molar-refractivity contribution in [1.29, 1.82) is 0 Å². The van der Waals surface area contributed by atoms with Gasteiger partial charge in [0.1, 0.15) is 5.75 Å². The minimum absolute atomic E-state index is 0.314. The molecule has 1 N–H and O–H groups in total. The molecule has 1 aromatic rings. The van der Waals surface area contributed by atoms with Gasteiger partial charge in [-0.2, -0.15) is 0 Å². The van der Waals surface area contributed by atoms with Gasteiger partial charge in [-0.1, -0.05) is 25.1 Å². The molecule has 0 aliphatic carbocycles. The average Bonchev–Trinajstić information content (AvgIpc) is 2.38. The molecule has 3 heteroatoms. The summed E-state index contributed by atoms with van der Waals surface area (Å²) in [4.78, 5) is 0. The highest BCUT2D eigenvalue weighted by Gasteiger charge is 2.21. The van der Waals surface area contributed by atoms with Crippen LogP contribution in [-0.2, 0) is 11.3 Å². The maximum atomic E-state index is 5.98. The van der Waals surface area contributed by atoms with Gasteiger partial charge in [0.2, 0.25) is 0 Å². The predicted octanol–water partition coefficient (Wildman–Crippen LogP) is 2.21. The molecule has 94 valence electrons. The van der Waals surface area contributed by atoms with Crippen LogP contribution >= 0.6 is 0 Å². The zero-order valence-electron chi connectivity index (χ0n) is 10.6. The van der Waals surface area contributed by atoms with Gasteiger partial charge in [-0.25, -0.2) is 0 Å². The van der Waals surface area contributed by atoms with Gasteiger partial charge in [0.25, 0.3) is 0 Å². The molecule has 2 unspecified atom stereocenters. The van der Waals surface area contributed by atoms with Crippen molar-refractivity contribution in [3.63, 3.8) is 0 Å². The summed E-state index contributed by atoms with van der Waals surface area (Å²) in [5.74, 6) is 1.54. The molecule has 0 spiro atoms. The smallest absolute Gasteiger partial charge is 0.124 e. The lowest BCUT2D eigenvalue weighted by atomic mass is 9.97. The number of methoxy groups -OCH3 is 1. The molecule has 2 atom stereocenters. The van der Waals surface area contributed by atoms with E-state index in [0.717, 1.165) is 24.4 Å². The van der Waals surface area contributed by atoms with E-state index in [1.54, 1.807) is 7.11 Å². The van der Waals surface area contributed by atoms with E-state index in [9.17, 15) is 0 Å². The first-order valence-electron chi connectivity index (χ1n) is 6.25. The Labute approximate surface area is 103 Å². The molecular formula is C14H21NO2. The van der Waals surface area contributed by atoms with E-state index in [0.29, 0.717) is 18.6 Å². The Balaban J connectivity index is 1.92. The molecule has 17 heavy (non-hydrogen) atoms. The Morgan fingerprint density at radius 1 is 1.35 bits per heavy atom. The fraction of sp³-hybridized carbons (Fsp3) is 0.571. The van der Waals surface area contributed by atoms with Crippen molar-refractivity contribution in [3.8, 4) is 5.75 Å². The van der Waals surface area contributed by atoms with Crippen molar-refractivity contribution < 1.29 is 9.47 Å². The molecule has 1 aliphatic rings. The minimum atomic E-state index is 0.314. The highest BCUT2D eigenvalue weighted by atomic mass is 16.5. The second-order valence-electron chi connectivity index (χ2n) is 4.63. The Kier molecular flexibility index (Phi) is 4.40. The lowest BCUT2D eigenvalue weighted by Crippen LogP contribution is -2.40. The molecule has 1 heterocycles. The molecule has 0 radical (unpaired) electrons. The molecule has 2 rings (SSSR count). The van der Waals surface area contributed by atoms with Crippen LogP contribution in [0.25, 0.3) is 0 Å². The second kappa shape index (κ2) is 6.03. The summed E-state index contributed by atoms with van der Waals surface area (Å²) in [5.41, 5.74) is 1.12. The van der Waals surface area contributed by atoms with Gasteiger partial charge < -0.3 is 14.8 Å². The van der Waals surface area contributed by atoms with Crippen LogP contribution in [-0.4, -0.2) is 26.3 Å². The summed E-state index contributed by atoms with van der Waals surface area (Å²) in [5, 5.41) is 3.37. The monoisotopic (exact) mass is 235 g/mol. The molecule has 0 saturated carbocycles. The number of benzene rings is 1. The summed E-state index contributed by atoms with van der Waals surface area (Å²) in [6.07, 6.45) is 1.50. The van der Waals surface area contributed by atoms with E-state index in [-0.39, 0.29) is 0 Å². The van der Waals surface area contributed by atoms with E-state index in [1.165, 1.54) is 6.42 Å². The fourth-order valence-electron chi connectivity index (χ4n) is 2.20. The van der Waals surface area contributed by atoms with Crippen LogP contribution in [0.5, 0.6) is 5.75 Å². The normalized spacial score (nSPS) is 24.6. The van der Waals surface area contributed by atoms with Crippen LogP contribution < -0.4 is 10.1 Å². The zero-order chi connectivity index (χ0) is 12.1. The first-order valence-corrected chi connectivity index (χ1v) is 6.25. The molecule has 1 aliphatic heterocycles. The van der Waals surface area contributed by atoms with Gasteiger partial charge in [-0.3, -0.25) is 0 Å². The lowest BCUT2D eigenvalue weighted by Gasteiger charge is -2.29. The molecule has 3 nitrogen and oxygen atoms in total. The first-order chi connectivity index (χ1) is 8.31. The predicted molar refractivity (Wildman–Crippen MR) is 68.2 cm³/mol. The Morgan fingerprint density at radius 3 is 2.94 bits per heavy atom. The molecule has 0 aromatic heterocycles. The summed E-state index contributed by atoms with van der Waals surface area (Å²) >= 11 is 0. The number of nitrogens with one attached hydrogen (secondary N) is 1. The SMILES string of the molecule is COc1ccccc1COC1CNCCC1C. The topological polar surface area (TPSA) is 30.5 Å². The van der Waals surface area contributed by atoms with Crippen LogP contribution in [0.15, 0.2) is 24.3 Å². The molecule has 1 saturated heterocycles. The van der Waals surface area contributed by atoms with Crippen molar-refractivity contribution in [3.05, 3.63) is 29.8 Å². The third-order valence-corrected chi connectivity index (χ3v) is 3.40. The van der Waals surface area contributed by atoms with Crippen molar-refractivity contribution in [1.82, 2.24) is 5.32 Å². The Bertz CT molecular complexity index is 354. The summed E-state index contributed by atoms with van der Waals surface area (Å²) in [6.45, 7) is 4.94. The van der Waals surface area contributed by atoms with E-state index in [1.807, 2.05) is 18.2 Å². The van der Waals surface area contributed by atoms with Gasteiger partial charge in [-0.05, 0) is 24.9 Å². The molecule has 0 amide bonds. The Hall–Kier alpha value is -1.06. The maximum Gasteiger partial charge on any atom is 0.124 e. The number of hydrogen-bond donors (Lipinski definition) is 1. The molecule has 1 aromatic carbocycles. The molecular weight excluding hydrogens is 214 g/mol. The third-order valence-electron chi connectivity index (χ3n) is 3.40. The summed E-state index contributed by atoms with van der Waals surface area (Å²) in [7, 11) is 1.70. The van der Waals surface area contributed by atoms with Crippen LogP contribution in [0.2, 0.25) is 0 Å². The van der Waals surface area contributed by atoms with Gasteiger partial charge in [-0.15, -0.1) is 0 Å². The van der Waals surface area contributed by atoms with E-state index in [4.69, 9.17) is 9.47 Å². The van der Waals surface area contributed by atoms with E-state index < -0.39 is 0 Å². The lowest BCUT2D eigenvalue weighted by molar-refractivity contribution is -0.00724. The quantitative estimate of drug-likeness (QED) is 0.868. The fourth-order valence-corrected chi connectivity index (χ4v) is 2.20. The van der Waals surface area contributed by atoms with Crippen LogP contribution in [0.1, 0.15) is 18.9 Å². The maximum absolute atomic E-state index is 5.98. The highest BCUT2D eigenvalue weighted by molar-refractivity contribution is 5.32. The number of rotatable bonds is 4. The van der Waals surface area contributed by atoms with Gasteiger partial charge in [0, 0.05) is 12.1 Å². The average molecular weight is 235 g/mol. The number of para-hydroxylation sites is 1. The molecule has 0 bridgehead atoms. The van der Waals surface area contributed by atoms with Crippen molar-refractivity contribution in [2.75, 3.05) is 20.2 Å². The number of hydrogen-bond acceptors (Lipinski definition) is 3. The zero-order valence-corrected chi connectivity index (χ0v) is 10.6. The van der Waals surface area contributed by atoms with Gasteiger partial charge in [0.05, 0.1) is 19.8 Å². The van der Waals surface area contributed by atoms with Crippen molar-refractivity contribution >= 4 is 0 Å².